The van der Waals surface area contributed by atoms with E-state index in [4.69, 9.17) is 0 Å². The summed E-state index contributed by atoms with van der Waals surface area (Å²) in [6.07, 6.45) is 3.88. The van der Waals surface area contributed by atoms with Crippen LogP contribution in [0.25, 0.3) is 0 Å². The minimum atomic E-state index is -0.0838. The maximum absolute atomic E-state index is 13.1. The van der Waals surface area contributed by atoms with Gasteiger partial charge in [-0.25, -0.2) is 4.79 Å². The number of carbonyl (C=O) groups excluding carboxylic acids is 2. The number of phenolic OH excluding ortho intramolecular Hbond substituents is 1. The Kier molecular flexibility index (Phi) is 4.85. The van der Waals surface area contributed by atoms with E-state index in [1.165, 1.54) is 5.56 Å². The number of benzene rings is 2. The monoisotopic (exact) mass is 405 g/mol. The molecule has 0 bridgehead atoms. The smallest absolute Gasteiger partial charge is 0.322 e. The highest BCUT2D eigenvalue weighted by Crippen LogP contribution is 2.38. The predicted molar refractivity (Wildman–Crippen MR) is 115 cm³/mol. The van der Waals surface area contributed by atoms with Gasteiger partial charge < -0.3 is 15.3 Å². The van der Waals surface area contributed by atoms with Crippen molar-refractivity contribution in [2.45, 2.75) is 44.1 Å². The van der Waals surface area contributed by atoms with Crippen LogP contribution in [0.15, 0.2) is 42.5 Å². The van der Waals surface area contributed by atoms with Crippen molar-refractivity contribution in [3.8, 4) is 5.75 Å². The summed E-state index contributed by atoms with van der Waals surface area (Å²) in [7, 11) is 0. The van der Waals surface area contributed by atoms with Crippen molar-refractivity contribution in [1.82, 2.24) is 10.2 Å². The lowest BCUT2D eigenvalue weighted by Crippen LogP contribution is -2.45. The number of nitrogens with zero attached hydrogens (tertiary/aromatic N) is 2. The number of para-hydroxylation sites is 1. The summed E-state index contributed by atoms with van der Waals surface area (Å²) in [6, 6.07) is 13.6. The zero-order valence-electron chi connectivity index (χ0n) is 17.0. The Balaban J connectivity index is 1.26. The second kappa shape index (κ2) is 7.67. The van der Waals surface area contributed by atoms with Crippen molar-refractivity contribution in [1.29, 1.82) is 0 Å². The Morgan fingerprint density at radius 2 is 2.00 bits per heavy atom. The Morgan fingerprint density at radius 1 is 1.13 bits per heavy atom. The number of hydrogen-bond acceptors (Lipinski definition) is 3. The van der Waals surface area contributed by atoms with Crippen LogP contribution < -0.4 is 10.2 Å². The molecule has 2 N–H and O–H groups in total. The summed E-state index contributed by atoms with van der Waals surface area (Å²) in [5.41, 5.74) is 4.20. The molecule has 0 saturated carbocycles. The third-order valence-electron chi connectivity index (χ3n) is 6.73. The molecule has 156 valence electrons. The zero-order chi connectivity index (χ0) is 20.7. The van der Waals surface area contributed by atoms with Gasteiger partial charge in [0, 0.05) is 43.7 Å². The normalized spacial score (nSPS) is 22.3. The summed E-state index contributed by atoms with van der Waals surface area (Å²) in [5.74, 6) is 0.803. The van der Waals surface area contributed by atoms with Gasteiger partial charge >= 0.3 is 6.03 Å². The number of rotatable bonds is 4. The lowest BCUT2D eigenvalue weighted by molar-refractivity contribution is -0.127. The standard InChI is InChI=1S/C24H27N3O3/c28-22-8-3-5-16-13-18(14-20(16)22)25-24(30)27-15-17(19-6-1-2-7-21(19)27)10-12-26-11-4-9-23(26)29/h1-3,5-8,17-18,28H,4,9-15H2,(H,25,30). The van der Waals surface area contributed by atoms with Gasteiger partial charge in [0.15, 0.2) is 0 Å². The first-order chi connectivity index (χ1) is 14.6. The van der Waals surface area contributed by atoms with Crippen molar-refractivity contribution >= 4 is 17.6 Å². The number of aromatic hydroxyl groups is 1. The predicted octanol–water partition coefficient (Wildman–Crippen LogP) is 3.19. The molecule has 0 radical (unpaired) electrons. The number of urea groups is 1. The molecule has 2 unspecified atom stereocenters. The molecular formula is C24H27N3O3. The van der Waals surface area contributed by atoms with Crippen LogP contribution in [-0.2, 0) is 17.6 Å². The molecule has 0 aromatic heterocycles. The molecule has 2 aliphatic heterocycles. The second-order valence-corrected chi connectivity index (χ2v) is 8.61. The summed E-state index contributed by atoms with van der Waals surface area (Å²) in [4.78, 5) is 28.9. The molecule has 3 amide bonds. The molecule has 0 spiro atoms. The van der Waals surface area contributed by atoms with E-state index in [0.29, 0.717) is 25.1 Å². The first kappa shape index (κ1) is 19.0. The van der Waals surface area contributed by atoms with Crippen LogP contribution in [0.2, 0.25) is 0 Å². The Bertz CT molecular complexity index is 989. The number of carbonyl (C=O) groups is 2. The summed E-state index contributed by atoms with van der Waals surface area (Å²) < 4.78 is 0. The summed E-state index contributed by atoms with van der Waals surface area (Å²) in [5, 5.41) is 13.2. The van der Waals surface area contributed by atoms with E-state index in [0.717, 1.165) is 49.2 Å². The molecule has 2 aromatic carbocycles. The van der Waals surface area contributed by atoms with E-state index < -0.39 is 0 Å². The van der Waals surface area contributed by atoms with Crippen LogP contribution >= 0.6 is 0 Å². The molecular weight excluding hydrogens is 378 g/mol. The van der Waals surface area contributed by atoms with Gasteiger partial charge in [0.2, 0.25) is 5.91 Å². The SMILES string of the molecule is O=C1CCCN1CCC1CN(C(=O)NC2Cc3cccc(O)c3C2)c2ccccc21. The van der Waals surface area contributed by atoms with E-state index in [1.54, 1.807) is 6.07 Å². The maximum atomic E-state index is 13.1. The van der Waals surface area contributed by atoms with Crippen molar-refractivity contribution in [2.75, 3.05) is 24.5 Å². The quantitative estimate of drug-likeness (QED) is 0.821. The number of amides is 3. The number of phenols is 1. The minimum Gasteiger partial charge on any atom is -0.508 e. The van der Waals surface area contributed by atoms with Crippen molar-refractivity contribution < 1.29 is 14.7 Å². The number of likely N-dealkylation sites (tertiary alicyclic amines) is 1. The highest BCUT2D eigenvalue weighted by molar-refractivity contribution is 5.95. The van der Waals surface area contributed by atoms with Crippen molar-refractivity contribution in [3.63, 3.8) is 0 Å². The van der Waals surface area contributed by atoms with Crippen LogP contribution in [0, 0.1) is 0 Å². The molecule has 6 nitrogen and oxygen atoms in total. The topological polar surface area (TPSA) is 72.9 Å². The van der Waals surface area contributed by atoms with Crippen molar-refractivity contribution in [3.05, 3.63) is 59.2 Å². The molecule has 1 saturated heterocycles. The average Bonchev–Trinajstić information content (AvgIpc) is 3.44. The van der Waals surface area contributed by atoms with E-state index in [1.807, 2.05) is 40.1 Å². The third-order valence-corrected chi connectivity index (χ3v) is 6.73. The van der Waals surface area contributed by atoms with E-state index in [2.05, 4.69) is 11.4 Å². The number of fused-ring (bicyclic) bond motifs is 2. The zero-order valence-corrected chi connectivity index (χ0v) is 17.0. The van der Waals surface area contributed by atoms with E-state index in [-0.39, 0.29) is 23.9 Å². The largest absolute Gasteiger partial charge is 0.508 e. The fraction of sp³-hybridized carbons (Fsp3) is 0.417. The number of hydrogen-bond donors (Lipinski definition) is 2. The van der Waals surface area contributed by atoms with E-state index >= 15 is 0 Å². The molecule has 5 rings (SSSR count). The molecule has 2 atom stereocenters. The van der Waals surface area contributed by atoms with Gasteiger partial charge in [-0.05, 0) is 54.5 Å². The molecule has 2 aromatic rings. The number of anilines is 1. The summed E-state index contributed by atoms with van der Waals surface area (Å²) in [6.45, 7) is 2.25. The average molecular weight is 405 g/mol. The van der Waals surface area contributed by atoms with Gasteiger partial charge in [-0.3, -0.25) is 9.69 Å². The van der Waals surface area contributed by atoms with Crippen LogP contribution in [0.4, 0.5) is 10.5 Å². The fourth-order valence-electron chi connectivity index (χ4n) is 5.17. The first-order valence-corrected chi connectivity index (χ1v) is 10.8. The number of nitrogens with one attached hydrogen (secondary N) is 1. The molecule has 1 fully saturated rings. The minimum absolute atomic E-state index is 0.00534. The lowest BCUT2D eigenvalue weighted by atomic mass is 9.98. The highest BCUT2D eigenvalue weighted by Gasteiger charge is 2.34. The second-order valence-electron chi connectivity index (χ2n) is 8.61. The van der Waals surface area contributed by atoms with Gasteiger partial charge in [0.25, 0.3) is 0 Å². The lowest BCUT2D eigenvalue weighted by Gasteiger charge is -2.22. The van der Waals surface area contributed by atoms with E-state index in [9.17, 15) is 14.7 Å². The van der Waals surface area contributed by atoms with Crippen LogP contribution in [0.3, 0.4) is 0 Å². The molecule has 2 heterocycles. The third kappa shape index (κ3) is 3.40. The molecule has 1 aliphatic carbocycles. The Labute approximate surface area is 176 Å². The molecule has 6 heteroatoms. The Morgan fingerprint density at radius 3 is 2.80 bits per heavy atom. The summed E-state index contributed by atoms with van der Waals surface area (Å²) >= 11 is 0. The first-order valence-electron chi connectivity index (χ1n) is 10.8. The van der Waals surface area contributed by atoms with Gasteiger partial charge in [0.1, 0.15) is 5.75 Å². The molecule has 30 heavy (non-hydrogen) atoms. The van der Waals surface area contributed by atoms with Crippen LogP contribution in [0.5, 0.6) is 5.75 Å². The molecule has 3 aliphatic rings. The highest BCUT2D eigenvalue weighted by atomic mass is 16.3. The fourth-order valence-corrected chi connectivity index (χ4v) is 5.17. The Hall–Kier alpha value is -3.02. The van der Waals surface area contributed by atoms with Crippen molar-refractivity contribution in [2.24, 2.45) is 0 Å². The van der Waals surface area contributed by atoms with Crippen LogP contribution in [-0.4, -0.2) is 47.6 Å². The van der Waals surface area contributed by atoms with Gasteiger partial charge in [-0.15, -0.1) is 0 Å². The van der Waals surface area contributed by atoms with Crippen LogP contribution in [0.1, 0.15) is 41.9 Å². The maximum Gasteiger partial charge on any atom is 0.322 e. The van der Waals surface area contributed by atoms with Gasteiger partial charge in [-0.2, -0.15) is 0 Å². The van der Waals surface area contributed by atoms with Gasteiger partial charge in [0.05, 0.1) is 0 Å². The van der Waals surface area contributed by atoms with Gasteiger partial charge in [-0.1, -0.05) is 30.3 Å².